The van der Waals surface area contributed by atoms with Crippen molar-refractivity contribution in [2.45, 2.75) is 38.8 Å². The maximum Gasteiger partial charge on any atom is 0.120 e. The fraction of sp³-hybridized carbons (Fsp3) is 0.538. The van der Waals surface area contributed by atoms with Crippen LogP contribution in [0.3, 0.4) is 0 Å². The highest BCUT2D eigenvalue weighted by atomic mass is 35.5. The van der Waals surface area contributed by atoms with Gasteiger partial charge in [-0.25, -0.2) is 0 Å². The van der Waals surface area contributed by atoms with Gasteiger partial charge in [-0.05, 0) is 51.9 Å². The van der Waals surface area contributed by atoms with Crippen LogP contribution in [0, 0.1) is 0 Å². The number of rotatable bonds is 2. The Morgan fingerprint density at radius 1 is 1.35 bits per heavy atom. The van der Waals surface area contributed by atoms with Gasteiger partial charge >= 0.3 is 0 Å². The number of hydrogen-bond acceptors (Lipinski definition) is 3. The van der Waals surface area contributed by atoms with Crippen LogP contribution in [0.25, 0.3) is 0 Å². The summed E-state index contributed by atoms with van der Waals surface area (Å²) in [7, 11) is 0. The normalized spacial score (nSPS) is 19.1. The Morgan fingerprint density at radius 3 is 2.47 bits per heavy atom. The Bertz CT molecular complexity index is 383. The molecule has 2 N–H and O–H groups in total. The molecule has 1 aliphatic rings. The fourth-order valence-corrected chi connectivity index (χ4v) is 1.78. The van der Waals surface area contributed by atoms with Crippen molar-refractivity contribution in [3.05, 3.63) is 23.8 Å². The Labute approximate surface area is 109 Å². The van der Waals surface area contributed by atoms with E-state index in [-0.39, 0.29) is 24.0 Å². The molecular formula is C13H20ClNO2. The first kappa shape index (κ1) is 14.1. The van der Waals surface area contributed by atoms with Gasteiger partial charge in [-0.2, -0.15) is 0 Å². The van der Waals surface area contributed by atoms with E-state index in [1.807, 2.05) is 32.9 Å². The molecule has 1 fully saturated rings. The molecule has 4 heteroatoms. The minimum Gasteiger partial charge on any atom is -0.508 e. The van der Waals surface area contributed by atoms with Crippen LogP contribution in [0.5, 0.6) is 11.5 Å². The van der Waals surface area contributed by atoms with Crippen molar-refractivity contribution < 1.29 is 9.84 Å². The monoisotopic (exact) mass is 257 g/mol. The predicted molar refractivity (Wildman–Crippen MR) is 71.1 cm³/mol. The molecule has 0 amide bonds. The minimum absolute atomic E-state index is 0. The second-order valence-corrected chi connectivity index (χ2v) is 5.23. The second-order valence-electron chi connectivity index (χ2n) is 5.23. The zero-order chi connectivity index (χ0) is 11.8. The van der Waals surface area contributed by atoms with Gasteiger partial charge in [-0.3, -0.25) is 0 Å². The number of phenolic OH excluding ortho intramolecular Hbond substituents is 1. The smallest absolute Gasteiger partial charge is 0.120 e. The zero-order valence-electron chi connectivity index (χ0n) is 10.5. The highest BCUT2D eigenvalue weighted by Gasteiger charge is 2.22. The molecule has 17 heavy (non-hydrogen) atoms. The van der Waals surface area contributed by atoms with E-state index in [1.54, 1.807) is 6.07 Å². The molecule has 1 saturated heterocycles. The first-order chi connectivity index (χ1) is 7.46. The summed E-state index contributed by atoms with van der Waals surface area (Å²) in [5, 5.41) is 13.1. The Morgan fingerprint density at radius 2 is 2.00 bits per heavy atom. The standard InChI is InChI=1S/C13H19NO2.ClH/c1-13(2,3)16-9-4-5-12(15)10(8-9)11-6-7-14-11;/h4-5,8,11,14-15H,6-7H2,1-3H3;1H/t11-;/m1./s1. The number of hydrogen-bond donors (Lipinski definition) is 2. The maximum absolute atomic E-state index is 9.77. The summed E-state index contributed by atoms with van der Waals surface area (Å²) < 4.78 is 5.78. The number of phenols is 1. The van der Waals surface area contributed by atoms with Gasteiger partial charge in [0.15, 0.2) is 0 Å². The number of ether oxygens (including phenoxy) is 1. The summed E-state index contributed by atoms with van der Waals surface area (Å²) in [5.41, 5.74) is 0.731. The predicted octanol–water partition coefficient (Wildman–Crippen LogP) is 3.03. The third kappa shape index (κ3) is 3.51. The van der Waals surface area contributed by atoms with Crippen LogP contribution in [0.15, 0.2) is 18.2 Å². The van der Waals surface area contributed by atoms with Crippen LogP contribution in [0.2, 0.25) is 0 Å². The molecule has 0 radical (unpaired) electrons. The average molecular weight is 258 g/mol. The highest BCUT2D eigenvalue weighted by molar-refractivity contribution is 5.85. The van der Waals surface area contributed by atoms with Gasteiger partial charge < -0.3 is 15.2 Å². The molecule has 0 spiro atoms. The van der Waals surface area contributed by atoms with E-state index in [0.29, 0.717) is 5.75 Å². The Balaban J connectivity index is 0.00000144. The quantitative estimate of drug-likeness (QED) is 0.856. The van der Waals surface area contributed by atoms with Crippen molar-refractivity contribution in [3.63, 3.8) is 0 Å². The Hall–Kier alpha value is -0.930. The molecule has 1 aromatic rings. The lowest BCUT2D eigenvalue weighted by molar-refractivity contribution is 0.130. The summed E-state index contributed by atoms with van der Waals surface area (Å²) in [6.45, 7) is 7.07. The lowest BCUT2D eigenvalue weighted by Gasteiger charge is -2.29. The third-order valence-corrected chi connectivity index (χ3v) is 2.62. The van der Waals surface area contributed by atoms with Crippen LogP contribution in [-0.4, -0.2) is 17.3 Å². The largest absolute Gasteiger partial charge is 0.508 e. The first-order valence-corrected chi connectivity index (χ1v) is 5.71. The van der Waals surface area contributed by atoms with E-state index in [9.17, 15) is 5.11 Å². The van der Waals surface area contributed by atoms with Gasteiger partial charge in [0.05, 0.1) is 0 Å². The number of aromatic hydroxyl groups is 1. The summed E-state index contributed by atoms with van der Waals surface area (Å²) in [6.07, 6.45) is 1.08. The van der Waals surface area contributed by atoms with E-state index >= 15 is 0 Å². The molecular weight excluding hydrogens is 238 g/mol. The van der Waals surface area contributed by atoms with Crippen LogP contribution < -0.4 is 10.1 Å². The molecule has 1 atom stereocenters. The van der Waals surface area contributed by atoms with Gasteiger partial charge in [0.1, 0.15) is 17.1 Å². The van der Waals surface area contributed by atoms with E-state index < -0.39 is 0 Å². The summed E-state index contributed by atoms with van der Waals surface area (Å²) >= 11 is 0. The van der Waals surface area contributed by atoms with Gasteiger partial charge in [0.25, 0.3) is 0 Å². The molecule has 0 unspecified atom stereocenters. The van der Waals surface area contributed by atoms with Crippen molar-refractivity contribution in [2.24, 2.45) is 0 Å². The van der Waals surface area contributed by atoms with Crippen LogP contribution in [0.1, 0.15) is 38.8 Å². The molecule has 2 rings (SSSR count). The third-order valence-electron chi connectivity index (χ3n) is 2.62. The van der Waals surface area contributed by atoms with Crippen LogP contribution in [-0.2, 0) is 0 Å². The lowest BCUT2D eigenvalue weighted by atomic mass is 9.97. The average Bonchev–Trinajstić information content (AvgIpc) is 2.05. The van der Waals surface area contributed by atoms with Gasteiger partial charge in [0.2, 0.25) is 0 Å². The second kappa shape index (κ2) is 5.15. The van der Waals surface area contributed by atoms with Gasteiger partial charge in [-0.15, -0.1) is 12.4 Å². The van der Waals surface area contributed by atoms with Crippen molar-refractivity contribution in [1.82, 2.24) is 5.32 Å². The van der Waals surface area contributed by atoms with Gasteiger partial charge in [-0.1, -0.05) is 0 Å². The molecule has 1 heterocycles. The highest BCUT2D eigenvalue weighted by Crippen LogP contribution is 2.34. The molecule has 0 saturated carbocycles. The van der Waals surface area contributed by atoms with Crippen LogP contribution in [0.4, 0.5) is 0 Å². The topological polar surface area (TPSA) is 41.5 Å². The van der Waals surface area contributed by atoms with E-state index in [2.05, 4.69) is 5.32 Å². The minimum atomic E-state index is -0.207. The van der Waals surface area contributed by atoms with Crippen LogP contribution >= 0.6 is 12.4 Å². The Kier molecular flexibility index (Phi) is 4.28. The molecule has 0 aromatic heterocycles. The first-order valence-electron chi connectivity index (χ1n) is 5.71. The van der Waals surface area contributed by atoms with E-state index in [0.717, 1.165) is 24.3 Å². The van der Waals surface area contributed by atoms with Crippen molar-refractivity contribution in [1.29, 1.82) is 0 Å². The van der Waals surface area contributed by atoms with Crippen molar-refractivity contribution in [3.8, 4) is 11.5 Å². The van der Waals surface area contributed by atoms with Crippen molar-refractivity contribution >= 4 is 12.4 Å². The number of benzene rings is 1. The zero-order valence-corrected chi connectivity index (χ0v) is 11.3. The SMILES string of the molecule is CC(C)(C)Oc1ccc(O)c([C@H]2CCN2)c1.Cl. The number of nitrogens with one attached hydrogen (secondary N) is 1. The summed E-state index contributed by atoms with van der Waals surface area (Å²) in [5.74, 6) is 1.16. The van der Waals surface area contributed by atoms with E-state index in [1.165, 1.54) is 0 Å². The fourth-order valence-electron chi connectivity index (χ4n) is 1.78. The summed E-state index contributed by atoms with van der Waals surface area (Å²) in [6, 6.07) is 5.72. The van der Waals surface area contributed by atoms with Crippen molar-refractivity contribution in [2.75, 3.05) is 6.54 Å². The maximum atomic E-state index is 9.77. The lowest BCUT2D eigenvalue weighted by Crippen LogP contribution is -2.35. The summed E-state index contributed by atoms with van der Waals surface area (Å²) in [4.78, 5) is 0. The molecule has 1 aliphatic heterocycles. The molecule has 96 valence electrons. The van der Waals surface area contributed by atoms with E-state index in [4.69, 9.17) is 4.74 Å². The van der Waals surface area contributed by atoms with Gasteiger partial charge in [0, 0.05) is 11.6 Å². The molecule has 0 bridgehead atoms. The molecule has 0 aliphatic carbocycles. The molecule has 1 aromatic carbocycles. The number of halogens is 1. The molecule has 3 nitrogen and oxygen atoms in total.